The maximum Gasteiger partial charge on any atom is 0.164 e. The average molecular weight is 514 g/mol. The number of benzene rings is 5. The molecule has 0 unspecified atom stereocenters. The van der Waals surface area contributed by atoms with Crippen molar-refractivity contribution in [1.29, 1.82) is 0 Å². The molecular formula is C31H20BrN3. The predicted octanol–water partition coefficient (Wildman–Crippen LogP) is 8.46. The number of rotatable bonds is 4. The predicted molar refractivity (Wildman–Crippen MR) is 147 cm³/mol. The van der Waals surface area contributed by atoms with Gasteiger partial charge in [-0.2, -0.15) is 0 Å². The fraction of sp³-hybridized carbons (Fsp3) is 0. The maximum atomic E-state index is 4.89. The molecule has 35 heavy (non-hydrogen) atoms. The van der Waals surface area contributed by atoms with Crippen molar-refractivity contribution in [3.8, 4) is 45.3 Å². The van der Waals surface area contributed by atoms with Gasteiger partial charge in [-0.05, 0) is 40.1 Å². The standard InChI is InChI=1S/C31H20BrN3/c32-26-18-16-23(17-19-26)30-33-29(22-9-2-1-3-10-22)34-31(35-30)25-13-6-12-24(20-25)28-15-7-11-21-8-4-5-14-27(21)28/h1-20H. The van der Waals surface area contributed by atoms with Crippen molar-refractivity contribution in [2.75, 3.05) is 0 Å². The summed E-state index contributed by atoms with van der Waals surface area (Å²) in [6, 6.07) is 41.4. The van der Waals surface area contributed by atoms with E-state index in [0.29, 0.717) is 17.5 Å². The molecule has 1 heterocycles. The quantitative estimate of drug-likeness (QED) is 0.237. The second-order valence-corrected chi connectivity index (χ2v) is 9.20. The van der Waals surface area contributed by atoms with Gasteiger partial charge in [-0.25, -0.2) is 15.0 Å². The zero-order valence-corrected chi connectivity index (χ0v) is 20.4. The van der Waals surface area contributed by atoms with Gasteiger partial charge in [0.25, 0.3) is 0 Å². The highest BCUT2D eigenvalue weighted by Gasteiger charge is 2.13. The van der Waals surface area contributed by atoms with E-state index in [1.807, 2.05) is 54.6 Å². The van der Waals surface area contributed by atoms with Crippen molar-refractivity contribution >= 4 is 26.7 Å². The van der Waals surface area contributed by atoms with Crippen molar-refractivity contribution in [3.05, 3.63) is 126 Å². The SMILES string of the molecule is Brc1ccc(-c2nc(-c3ccccc3)nc(-c3cccc(-c4cccc5ccccc45)c3)n2)cc1. The molecule has 0 saturated heterocycles. The number of nitrogens with zero attached hydrogens (tertiary/aromatic N) is 3. The van der Waals surface area contributed by atoms with Crippen LogP contribution in [0.2, 0.25) is 0 Å². The van der Waals surface area contributed by atoms with Crippen LogP contribution in [-0.2, 0) is 0 Å². The van der Waals surface area contributed by atoms with E-state index in [1.54, 1.807) is 0 Å². The molecule has 0 spiro atoms. The van der Waals surface area contributed by atoms with Gasteiger partial charge in [0.1, 0.15) is 0 Å². The molecule has 4 heteroatoms. The van der Waals surface area contributed by atoms with E-state index >= 15 is 0 Å². The van der Waals surface area contributed by atoms with E-state index in [-0.39, 0.29) is 0 Å². The van der Waals surface area contributed by atoms with E-state index in [0.717, 1.165) is 26.7 Å². The number of hydrogen-bond acceptors (Lipinski definition) is 3. The smallest absolute Gasteiger partial charge is 0.164 e. The lowest BCUT2D eigenvalue weighted by molar-refractivity contribution is 1.07. The fourth-order valence-corrected chi connectivity index (χ4v) is 4.52. The monoisotopic (exact) mass is 513 g/mol. The molecule has 1 aromatic heterocycles. The van der Waals surface area contributed by atoms with Crippen LogP contribution in [-0.4, -0.2) is 15.0 Å². The van der Waals surface area contributed by atoms with Gasteiger partial charge < -0.3 is 0 Å². The van der Waals surface area contributed by atoms with E-state index in [2.05, 4.69) is 82.7 Å². The van der Waals surface area contributed by atoms with Crippen LogP contribution in [0.1, 0.15) is 0 Å². The molecule has 5 aromatic carbocycles. The van der Waals surface area contributed by atoms with Gasteiger partial charge in [0.15, 0.2) is 17.5 Å². The van der Waals surface area contributed by atoms with Gasteiger partial charge in [-0.3, -0.25) is 0 Å². The summed E-state index contributed by atoms with van der Waals surface area (Å²) < 4.78 is 1.02. The van der Waals surface area contributed by atoms with Gasteiger partial charge in [-0.1, -0.05) is 119 Å². The molecule has 0 aliphatic heterocycles. The first-order valence-corrected chi connectivity index (χ1v) is 12.2. The Morgan fingerprint density at radius 2 is 0.971 bits per heavy atom. The van der Waals surface area contributed by atoms with E-state index in [9.17, 15) is 0 Å². The van der Waals surface area contributed by atoms with Crippen molar-refractivity contribution in [2.24, 2.45) is 0 Å². The van der Waals surface area contributed by atoms with E-state index < -0.39 is 0 Å². The maximum absolute atomic E-state index is 4.89. The molecule has 0 fully saturated rings. The largest absolute Gasteiger partial charge is 0.208 e. The molecule has 0 radical (unpaired) electrons. The van der Waals surface area contributed by atoms with Crippen LogP contribution in [0, 0.1) is 0 Å². The lowest BCUT2D eigenvalue weighted by Gasteiger charge is -2.11. The minimum atomic E-state index is 0.650. The molecule has 3 nitrogen and oxygen atoms in total. The van der Waals surface area contributed by atoms with Crippen molar-refractivity contribution < 1.29 is 0 Å². The van der Waals surface area contributed by atoms with Crippen molar-refractivity contribution in [1.82, 2.24) is 15.0 Å². The number of fused-ring (bicyclic) bond motifs is 1. The summed E-state index contributed by atoms with van der Waals surface area (Å²) >= 11 is 3.51. The van der Waals surface area contributed by atoms with Crippen molar-refractivity contribution in [3.63, 3.8) is 0 Å². The van der Waals surface area contributed by atoms with Gasteiger partial charge in [0, 0.05) is 21.2 Å². The highest BCUT2D eigenvalue weighted by molar-refractivity contribution is 9.10. The zero-order chi connectivity index (χ0) is 23.6. The van der Waals surface area contributed by atoms with Gasteiger partial charge in [-0.15, -0.1) is 0 Å². The summed E-state index contributed by atoms with van der Waals surface area (Å²) in [6.07, 6.45) is 0. The Hall–Kier alpha value is -4.15. The minimum absolute atomic E-state index is 0.650. The first kappa shape index (κ1) is 21.4. The summed E-state index contributed by atoms with van der Waals surface area (Å²) in [5.41, 5.74) is 5.17. The Bertz CT molecular complexity index is 1640. The van der Waals surface area contributed by atoms with Gasteiger partial charge in [0.05, 0.1) is 0 Å². The van der Waals surface area contributed by atoms with E-state index in [4.69, 9.17) is 15.0 Å². The number of hydrogen-bond donors (Lipinski definition) is 0. The first-order valence-electron chi connectivity index (χ1n) is 11.4. The molecule has 0 amide bonds. The lowest BCUT2D eigenvalue weighted by atomic mass is 9.97. The van der Waals surface area contributed by atoms with Crippen LogP contribution >= 0.6 is 15.9 Å². The summed E-state index contributed by atoms with van der Waals surface area (Å²) in [6.45, 7) is 0. The molecule has 166 valence electrons. The molecule has 0 aliphatic carbocycles. The summed E-state index contributed by atoms with van der Waals surface area (Å²) in [4.78, 5) is 14.6. The highest BCUT2D eigenvalue weighted by Crippen LogP contribution is 2.32. The van der Waals surface area contributed by atoms with Crippen LogP contribution < -0.4 is 0 Å². The molecule has 0 bridgehead atoms. The third-order valence-corrected chi connectivity index (χ3v) is 6.52. The molecule has 0 N–H and O–H groups in total. The molecule has 6 aromatic rings. The zero-order valence-electron chi connectivity index (χ0n) is 18.8. The van der Waals surface area contributed by atoms with Crippen LogP contribution in [0.5, 0.6) is 0 Å². The molecule has 0 aliphatic rings. The molecule has 6 rings (SSSR count). The third-order valence-electron chi connectivity index (χ3n) is 5.99. The Morgan fingerprint density at radius 1 is 0.429 bits per heavy atom. The Labute approximate surface area is 212 Å². The van der Waals surface area contributed by atoms with Crippen LogP contribution in [0.15, 0.2) is 126 Å². The number of aromatic nitrogens is 3. The van der Waals surface area contributed by atoms with Gasteiger partial charge in [0.2, 0.25) is 0 Å². The van der Waals surface area contributed by atoms with Gasteiger partial charge >= 0.3 is 0 Å². The summed E-state index contributed by atoms with van der Waals surface area (Å²) in [7, 11) is 0. The Balaban J connectivity index is 1.52. The topological polar surface area (TPSA) is 38.7 Å². The molecule has 0 saturated carbocycles. The Kier molecular flexibility index (Phi) is 5.65. The second kappa shape index (κ2) is 9.24. The summed E-state index contributed by atoms with van der Waals surface area (Å²) in [5, 5.41) is 2.45. The highest BCUT2D eigenvalue weighted by atomic mass is 79.9. The first-order chi connectivity index (χ1) is 17.2. The minimum Gasteiger partial charge on any atom is -0.208 e. The van der Waals surface area contributed by atoms with Crippen LogP contribution in [0.25, 0.3) is 56.1 Å². The third kappa shape index (κ3) is 4.36. The normalized spacial score (nSPS) is 11.0. The van der Waals surface area contributed by atoms with Crippen molar-refractivity contribution in [2.45, 2.75) is 0 Å². The summed E-state index contributed by atoms with van der Waals surface area (Å²) in [5.74, 6) is 1.96. The van der Waals surface area contributed by atoms with Crippen LogP contribution in [0.3, 0.4) is 0 Å². The lowest BCUT2D eigenvalue weighted by Crippen LogP contribution is -2.00. The molecule has 0 atom stereocenters. The Morgan fingerprint density at radius 3 is 1.74 bits per heavy atom. The average Bonchev–Trinajstić information content (AvgIpc) is 2.93. The van der Waals surface area contributed by atoms with E-state index in [1.165, 1.54) is 16.3 Å². The van der Waals surface area contributed by atoms with Crippen LogP contribution in [0.4, 0.5) is 0 Å². The second-order valence-electron chi connectivity index (χ2n) is 8.29. The fourth-order valence-electron chi connectivity index (χ4n) is 4.25. The number of halogens is 1. The molecular weight excluding hydrogens is 494 g/mol.